The molecule has 1 heterocycles. The third-order valence-electron chi connectivity index (χ3n) is 2.01. The molecule has 0 saturated carbocycles. The summed E-state index contributed by atoms with van der Waals surface area (Å²) in [5.41, 5.74) is 1.64. The van der Waals surface area contributed by atoms with Gasteiger partial charge in [0.15, 0.2) is 0 Å². The molecule has 0 radical (unpaired) electrons. The molecule has 1 rings (SSSR count). The van der Waals surface area contributed by atoms with Crippen LogP contribution in [0.3, 0.4) is 0 Å². The van der Waals surface area contributed by atoms with Crippen molar-refractivity contribution in [3.8, 4) is 0 Å². The van der Waals surface area contributed by atoms with Gasteiger partial charge >= 0.3 is 0 Å². The van der Waals surface area contributed by atoms with Crippen molar-refractivity contribution in [2.45, 2.75) is 39.3 Å². The molecule has 0 fully saturated rings. The Morgan fingerprint density at radius 3 is 2.46 bits per heavy atom. The van der Waals surface area contributed by atoms with Gasteiger partial charge in [-0.05, 0) is 24.6 Å². The smallest absolute Gasteiger partial charge is 0.122 e. The van der Waals surface area contributed by atoms with E-state index in [0.29, 0.717) is 5.56 Å². The summed E-state index contributed by atoms with van der Waals surface area (Å²) in [6, 6.07) is 3.56. The molecule has 0 aliphatic carbocycles. The lowest BCUT2D eigenvalue weighted by atomic mass is 9.90. The molecule has 72 valence electrons. The van der Waals surface area contributed by atoms with Gasteiger partial charge in [-0.15, -0.1) is 0 Å². The van der Waals surface area contributed by atoms with Gasteiger partial charge in [-0.1, -0.05) is 20.8 Å². The van der Waals surface area contributed by atoms with E-state index in [4.69, 9.17) is 0 Å². The highest BCUT2D eigenvalue weighted by atomic mass is 19.1. The summed E-state index contributed by atoms with van der Waals surface area (Å²) in [5.74, 6) is 0. The fourth-order valence-electron chi connectivity index (χ4n) is 1.10. The summed E-state index contributed by atoms with van der Waals surface area (Å²) in [4.78, 5) is 4.23. The molecule has 0 aliphatic rings. The van der Waals surface area contributed by atoms with E-state index in [1.54, 1.807) is 19.2 Å². The first kappa shape index (κ1) is 10.2. The Labute approximate surface area is 79.0 Å². The van der Waals surface area contributed by atoms with Crippen molar-refractivity contribution in [1.82, 2.24) is 4.98 Å². The second-order valence-corrected chi connectivity index (χ2v) is 4.34. The fraction of sp³-hybridized carbons (Fsp3) is 0.545. The van der Waals surface area contributed by atoms with E-state index >= 15 is 0 Å². The Morgan fingerprint density at radius 1 is 1.38 bits per heavy atom. The van der Waals surface area contributed by atoms with E-state index in [0.717, 1.165) is 5.69 Å². The summed E-state index contributed by atoms with van der Waals surface area (Å²) in [7, 11) is 0. The van der Waals surface area contributed by atoms with Crippen LogP contribution in [0.25, 0.3) is 0 Å². The lowest BCUT2D eigenvalue weighted by molar-refractivity contribution is 0.373. The first-order chi connectivity index (χ1) is 5.91. The minimum Gasteiger partial charge on any atom is -0.261 e. The molecule has 0 amide bonds. The molecule has 1 unspecified atom stereocenters. The van der Waals surface area contributed by atoms with Gasteiger partial charge in [0.25, 0.3) is 0 Å². The lowest BCUT2D eigenvalue weighted by Gasteiger charge is -2.18. The van der Waals surface area contributed by atoms with Crippen LogP contribution in [-0.2, 0) is 5.41 Å². The summed E-state index contributed by atoms with van der Waals surface area (Å²) < 4.78 is 13.0. The van der Waals surface area contributed by atoms with Crippen molar-refractivity contribution in [1.29, 1.82) is 0 Å². The van der Waals surface area contributed by atoms with Crippen LogP contribution in [0.15, 0.2) is 18.3 Å². The normalized spacial score (nSPS) is 14.2. The highest BCUT2D eigenvalue weighted by molar-refractivity contribution is 5.22. The SMILES string of the molecule is CC(F)c1ccnc(C(C)(C)C)c1. The second kappa shape index (κ2) is 3.44. The zero-order chi connectivity index (χ0) is 10.1. The molecule has 13 heavy (non-hydrogen) atoms. The quantitative estimate of drug-likeness (QED) is 0.647. The number of hydrogen-bond acceptors (Lipinski definition) is 1. The Hall–Kier alpha value is -0.920. The number of alkyl halides is 1. The van der Waals surface area contributed by atoms with Crippen LogP contribution in [0.4, 0.5) is 4.39 Å². The lowest BCUT2D eigenvalue weighted by Crippen LogP contribution is -2.13. The first-order valence-electron chi connectivity index (χ1n) is 4.52. The Kier molecular flexibility index (Phi) is 2.69. The topological polar surface area (TPSA) is 12.9 Å². The summed E-state index contributed by atoms with van der Waals surface area (Å²) in [6.45, 7) is 7.76. The summed E-state index contributed by atoms with van der Waals surface area (Å²) >= 11 is 0. The molecular weight excluding hydrogens is 165 g/mol. The van der Waals surface area contributed by atoms with Crippen LogP contribution in [0.2, 0.25) is 0 Å². The molecule has 0 spiro atoms. The monoisotopic (exact) mass is 181 g/mol. The summed E-state index contributed by atoms with van der Waals surface area (Å²) in [6.07, 6.45) is 0.760. The van der Waals surface area contributed by atoms with Gasteiger partial charge in [0.05, 0.1) is 0 Å². The zero-order valence-corrected chi connectivity index (χ0v) is 8.63. The first-order valence-corrected chi connectivity index (χ1v) is 4.52. The van der Waals surface area contributed by atoms with Gasteiger partial charge < -0.3 is 0 Å². The van der Waals surface area contributed by atoms with Crippen molar-refractivity contribution < 1.29 is 4.39 Å². The second-order valence-electron chi connectivity index (χ2n) is 4.34. The predicted octanol–water partition coefficient (Wildman–Crippen LogP) is 3.41. The Balaban J connectivity index is 3.06. The molecule has 0 saturated heterocycles. The van der Waals surface area contributed by atoms with Crippen molar-refractivity contribution >= 4 is 0 Å². The molecule has 1 atom stereocenters. The van der Waals surface area contributed by atoms with Crippen molar-refractivity contribution in [2.75, 3.05) is 0 Å². The van der Waals surface area contributed by atoms with E-state index in [-0.39, 0.29) is 5.41 Å². The maximum absolute atomic E-state index is 13.0. The molecular formula is C11H16FN. The molecule has 0 N–H and O–H groups in total. The van der Waals surface area contributed by atoms with E-state index in [9.17, 15) is 4.39 Å². The van der Waals surface area contributed by atoms with Crippen LogP contribution in [0.1, 0.15) is 45.1 Å². The Bertz CT molecular complexity index is 286. The van der Waals surface area contributed by atoms with E-state index in [2.05, 4.69) is 25.8 Å². The highest BCUT2D eigenvalue weighted by Gasteiger charge is 2.16. The van der Waals surface area contributed by atoms with Crippen LogP contribution < -0.4 is 0 Å². The number of pyridine rings is 1. The van der Waals surface area contributed by atoms with Crippen molar-refractivity contribution in [3.05, 3.63) is 29.6 Å². The number of hydrogen-bond donors (Lipinski definition) is 0. The van der Waals surface area contributed by atoms with Gasteiger partial charge in [-0.2, -0.15) is 0 Å². The average molecular weight is 181 g/mol. The van der Waals surface area contributed by atoms with E-state index < -0.39 is 6.17 Å². The summed E-state index contributed by atoms with van der Waals surface area (Å²) in [5, 5.41) is 0. The maximum Gasteiger partial charge on any atom is 0.122 e. The Morgan fingerprint density at radius 2 is 2.00 bits per heavy atom. The molecule has 1 aromatic rings. The van der Waals surface area contributed by atoms with Crippen LogP contribution >= 0.6 is 0 Å². The number of nitrogens with zero attached hydrogens (tertiary/aromatic N) is 1. The van der Waals surface area contributed by atoms with Crippen molar-refractivity contribution in [2.24, 2.45) is 0 Å². The molecule has 2 heteroatoms. The highest BCUT2D eigenvalue weighted by Crippen LogP contribution is 2.23. The molecule has 1 aromatic heterocycles. The maximum atomic E-state index is 13.0. The number of aromatic nitrogens is 1. The van der Waals surface area contributed by atoms with Gasteiger partial charge in [0, 0.05) is 17.3 Å². The van der Waals surface area contributed by atoms with Gasteiger partial charge in [-0.25, -0.2) is 4.39 Å². The van der Waals surface area contributed by atoms with Crippen LogP contribution in [0.5, 0.6) is 0 Å². The van der Waals surface area contributed by atoms with Crippen LogP contribution in [-0.4, -0.2) is 4.98 Å². The third-order valence-corrected chi connectivity index (χ3v) is 2.01. The minimum absolute atomic E-state index is 0.00903. The molecule has 0 aromatic carbocycles. The fourth-order valence-corrected chi connectivity index (χ4v) is 1.10. The van der Waals surface area contributed by atoms with E-state index in [1.807, 2.05) is 6.07 Å². The number of rotatable bonds is 1. The minimum atomic E-state index is -0.913. The molecule has 0 bridgehead atoms. The van der Waals surface area contributed by atoms with Crippen LogP contribution in [0, 0.1) is 0 Å². The van der Waals surface area contributed by atoms with Gasteiger partial charge in [0.1, 0.15) is 6.17 Å². The van der Waals surface area contributed by atoms with Gasteiger partial charge in [0.2, 0.25) is 0 Å². The van der Waals surface area contributed by atoms with E-state index in [1.165, 1.54) is 0 Å². The molecule has 0 aliphatic heterocycles. The zero-order valence-electron chi connectivity index (χ0n) is 8.63. The van der Waals surface area contributed by atoms with Gasteiger partial charge in [-0.3, -0.25) is 4.98 Å². The standard InChI is InChI=1S/C11H16FN/c1-8(12)9-5-6-13-10(7-9)11(2,3)4/h5-8H,1-4H3. The number of halogens is 1. The third kappa shape index (κ3) is 2.51. The molecule has 1 nitrogen and oxygen atoms in total. The largest absolute Gasteiger partial charge is 0.261 e. The predicted molar refractivity (Wildman–Crippen MR) is 52.5 cm³/mol. The van der Waals surface area contributed by atoms with Crippen molar-refractivity contribution in [3.63, 3.8) is 0 Å². The average Bonchev–Trinajstić information content (AvgIpc) is 2.03.